The van der Waals surface area contributed by atoms with Crippen LogP contribution in [0.4, 0.5) is 0 Å². The van der Waals surface area contributed by atoms with Gasteiger partial charge in [0.15, 0.2) is 11.5 Å². The molecule has 6 nitrogen and oxygen atoms in total. The van der Waals surface area contributed by atoms with E-state index in [1.165, 1.54) is 30.9 Å². The van der Waals surface area contributed by atoms with Crippen molar-refractivity contribution in [3.63, 3.8) is 0 Å². The van der Waals surface area contributed by atoms with Crippen LogP contribution in [0.25, 0.3) is 33.0 Å². The molecule has 5 rings (SSSR count). The first-order chi connectivity index (χ1) is 21.6. The number of ketones is 2. The maximum Gasteiger partial charge on any atom is 0.232 e. The summed E-state index contributed by atoms with van der Waals surface area (Å²) in [5.41, 5.74) is 9.53. The Morgan fingerprint density at radius 1 is 0.711 bits per heavy atom. The maximum atomic E-state index is 14.5. The zero-order valence-electron chi connectivity index (χ0n) is 27.6. The number of carbonyl (C=O) groups excluding carboxylic acids is 2. The van der Waals surface area contributed by atoms with Gasteiger partial charge in [-0.05, 0) is 65.5 Å². The molecule has 0 saturated carbocycles. The summed E-state index contributed by atoms with van der Waals surface area (Å²) < 4.78 is 13.7. The number of hydrogen-bond acceptors (Lipinski definition) is 4. The molecule has 1 aliphatic carbocycles. The van der Waals surface area contributed by atoms with Gasteiger partial charge in [-0.2, -0.15) is 0 Å². The highest BCUT2D eigenvalue weighted by Crippen LogP contribution is 2.42. The summed E-state index contributed by atoms with van der Waals surface area (Å²) in [4.78, 5) is 32.2. The average molecular weight is 603 g/mol. The van der Waals surface area contributed by atoms with Gasteiger partial charge in [0.2, 0.25) is 11.6 Å². The van der Waals surface area contributed by atoms with Gasteiger partial charge in [-0.3, -0.25) is 9.59 Å². The topological polar surface area (TPSA) is 73.3 Å². The number of para-hydroxylation sites is 2. The molecule has 0 aliphatic heterocycles. The maximum absolute atomic E-state index is 14.5. The number of aromatic nitrogens is 2. The first-order valence-electron chi connectivity index (χ1n) is 15.3. The summed E-state index contributed by atoms with van der Waals surface area (Å²) in [6, 6.07) is 12.1. The van der Waals surface area contributed by atoms with Crippen molar-refractivity contribution < 1.29 is 19.1 Å². The smallest absolute Gasteiger partial charge is 0.232 e. The Balaban J connectivity index is 1.71. The number of nitrogens with zero attached hydrogens (tertiary/aromatic N) is 1. The summed E-state index contributed by atoms with van der Waals surface area (Å²) in [6.07, 6.45) is 11.8. The van der Waals surface area contributed by atoms with Crippen LogP contribution in [-0.2, 0) is 38.4 Å². The van der Waals surface area contributed by atoms with E-state index >= 15 is 0 Å². The van der Waals surface area contributed by atoms with Gasteiger partial charge in [0, 0.05) is 46.4 Å². The number of aromatic amines is 1. The van der Waals surface area contributed by atoms with Crippen LogP contribution in [0.1, 0.15) is 63.8 Å². The van der Waals surface area contributed by atoms with Gasteiger partial charge in [0.05, 0.1) is 30.9 Å². The zero-order valence-corrected chi connectivity index (χ0v) is 27.6. The van der Waals surface area contributed by atoms with E-state index in [0.29, 0.717) is 17.7 Å². The summed E-state index contributed by atoms with van der Waals surface area (Å²) in [6.45, 7) is 13.1. The van der Waals surface area contributed by atoms with E-state index in [1.54, 1.807) is 6.20 Å². The summed E-state index contributed by atoms with van der Waals surface area (Å²) in [5.74, 6) is -0.737. The number of nitrogens with one attached hydrogen (secondary N) is 1. The molecule has 0 saturated heterocycles. The number of benzene rings is 2. The number of Topliss-reactive ketones (excluding diaryl/α,β-unsaturated/α-hetero) is 2. The highest BCUT2D eigenvalue weighted by molar-refractivity contribution is 6.48. The van der Waals surface area contributed by atoms with Gasteiger partial charge < -0.3 is 19.0 Å². The molecule has 2 heterocycles. The minimum absolute atomic E-state index is 0.0114. The molecule has 0 spiro atoms. The Bertz CT molecular complexity index is 1980. The number of hydrogen-bond donors (Lipinski definition) is 1. The highest BCUT2D eigenvalue weighted by atomic mass is 16.5. The fraction of sp³-hybridized carbons (Fsp3) is 0.282. The SMILES string of the molecule is COC1=C(c2c[nH]c3c(CC=C(C)C)cccc23)C(=O)C(OC)=C(c2cn(CC=C(C)C)c3c(CC=C(C)C)cccc23)C1=O. The molecule has 0 unspecified atom stereocenters. The number of allylic oxidation sites excluding steroid dienone is 8. The Labute approximate surface area is 265 Å². The van der Waals surface area contributed by atoms with Gasteiger partial charge >= 0.3 is 0 Å². The monoisotopic (exact) mass is 602 g/mol. The molecule has 0 fully saturated rings. The van der Waals surface area contributed by atoms with E-state index in [9.17, 15) is 9.59 Å². The van der Waals surface area contributed by atoms with E-state index in [4.69, 9.17) is 9.47 Å². The van der Waals surface area contributed by atoms with E-state index in [2.05, 4.69) is 81.5 Å². The summed E-state index contributed by atoms with van der Waals surface area (Å²) in [7, 11) is 2.89. The van der Waals surface area contributed by atoms with Crippen molar-refractivity contribution >= 4 is 44.5 Å². The third kappa shape index (κ3) is 5.97. The fourth-order valence-electron chi connectivity index (χ4n) is 5.99. The van der Waals surface area contributed by atoms with Crippen LogP contribution < -0.4 is 0 Å². The second-order valence-corrected chi connectivity index (χ2v) is 12.3. The van der Waals surface area contributed by atoms with Gasteiger partial charge in [0.25, 0.3) is 0 Å². The van der Waals surface area contributed by atoms with Crippen molar-refractivity contribution in [2.24, 2.45) is 0 Å². The minimum atomic E-state index is -0.384. The molecule has 0 amide bonds. The molecule has 0 radical (unpaired) electrons. The Morgan fingerprint density at radius 3 is 1.82 bits per heavy atom. The summed E-state index contributed by atoms with van der Waals surface area (Å²) in [5, 5.41) is 1.74. The van der Waals surface area contributed by atoms with Crippen molar-refractivity contribution in [1.82, 2.24) is 9.55 Å². The first-order valence-corrected chi connectivity index (χ1v) is 15.3. The number of methoxy groups -OCH3 is 2. The van der Waals surface area contributed by atoms with Gasteiger partial charge in [-0.25, -0.2) is 0 Å². The lowest BCUT2D eigenvalue weighted by Gasteiger charge is -2.22. The molecule has 2 aromatic carbocycles. The molecule has 1 N–H and O–H groups in total. The van der Waals surface area contributed by atoms with Gasteiger partial charge in [-0.1, -0.05) is 71.3 Å². The van der Waals surface area contributed by atoms with E-state index in [0.717, 1.165) is 45.8 Å². The molecule has 45 heavy (non-hydrogen) atoms. The molecule has 0 atom stereocenters. The third-order valence-electron chi connectivity index (χ3n) is 8.21. The standard InChI is InChI=1S/C39H42N2O4/c1-23(2)15-17-26-11-9-13-28-30(21-40-34(26)28)32-36(42)39(45-8)33(37(43)38(32)44-7)31-22-41(20-19-25(5)6)35-27(18-16-24(3)4)12-10-14-29(31)35/h9-16,19,21-22,40H,17-18,20H2,1-8H3. The molecular weight excluding hydrogens is 560 g/mol. The largest absolute Gasteiger partial charge is 0.492 e. The predicted molar refractivity (Wildman–Crippen MR) is 184 cm³/mol. The lowest BCUT2D eigenvalue weighted by atomic mass is 9.85. The molecule has 4 aromatic rings. The van der Waals surface area contributed by atoms with E-state index in [1.807, 2.05) is 30.5 Å². The van der Waals surface area contributed by atoms with Crippen LogP contribution in [-0.4, -0.2) is 35.3 Å². The fourth-order valence-corrected chi connectivity index (χ4v) is 5.99. The summed E-state index contributed by atoms with van der Waals surface area (Å²) >= 11 is 0. The van der Waals surface area contributed by atoms with Crippen molar-refractivity contribution in [2.75, 3.05) is 14.2 Å². The van der Waals surface area contributed by atoms with E-state index in [-0.39, 0.29) is 34.2 Å². The van der Waals surface area contributed by atoms with Gasteiger partial charge in [0.1, 0.15) is 0 Å². The van der Waals surface area contributed by atoms with Crippen molar-refractivity contribution in [1.29, 1.82) is 0 Å². The minimum Gasteiger partial charge on any atom is -0.492 e. The van der Waals surface area contributed by atoms with Crippen LogP contribution in [0, 0.1) is 0 Å². The number of fused-ring (bicyclic) bond motifs is 2. The lowest BCUT2D eigenvalue weighted by molar-refractivity contribution is -0.117. The molecule has 6 heteroatoms. The quantitative estimate of drug-likeness (QED) is 0.146. The van der Waals surface area contributed by atoms with Crippen LogP contribution in [0.15, 0.2) is 95.3 Å². The Hall–Kier alpha value is -4.84. The molecular formula is C39H42N2O4. The van der Waals surface area contributed by atoms with Gasteiger partial charge in [-0.15, -0.1) is 0 Å². The van der Waals surface area contributed by atoms with E-state index < -0.39 is 0 Å². The van der Waals surface area contributed by atoms with Crippen LogP contribution >= 0.6 is 0 Å². The number of ether oxygens (including phenoxy) is 2. The molecule has 232 valence electrons. The third-order valence-corrected chi connectivity index (χ3v) is 8.21. The number of carbonyl (C=O) groups is 2. The van der Waals surface area contributed by atoms with Crippen LogP contribution in [0.3, 0.4) is 0 Å². The molecule has 0 bridgehead atoms. The van der Waals surface area contributed by atoms with Crippen molar-refractivity contribution in [2.45, 2.75) is 60.9 Å². The average Bonchev–Trinajstić information content (AvgIpc) is 3.60. The Kier molecular flexibility index (Phi) is 9.14. The van der Waals surface area contributed by atoms with Crippen molar-refractivity contribution in [3.8, 4) is 0 Å². The highest BCUT2D eigenvalue weighted by Gasteiger charge is 2.40. The lowest BCUT2D eigenvalue weighted by Crippen LogP contribution is -2.24. The number of H-pyrrole nitrogens is 1. The van der Waals surface area contributed by atoms with Crippen molar-refractivity contribution in [3.05, 3.63) is 118 Å². The molecule has 1 aliphatic rings. The van der Waals surface area contributed by atoms with Crippen LogP contribution in [0.2, 0.25) is 0 Å². The zero-order chi connectivity index (χ0) is 32.4. The second-order valence-electron chi connectivity index (χ2n) is 12.3. The molecule has 2 aromatic heterocycles. The van der Waals surface area contributed by atoms with Crippen LogP contribution in [0.5, 0.6) is 0 Å². The second kappa shape index (κ2) is 13.0. The first kappa shape index (κ1) is 31.6. The normalized spacial score (nSPS) is 13.5. The predicted octanol–water partition coefficient (Wildman–Crippen LogP) is 8.67. The Morgan fingerprint density at radius 2 is 1.24 bits per heavy atom. The number of rotatable bonds is 10.